The minimum atomic E-state index is -1.10. The Bertz CT molecular complexity index is 443. The first kappa shape index (κ1) is 13.4. The van der Waals surface area contributed by atoms with Gasteiger partial charge >= 0.3 is 0 Å². The Labute approximate surface area is 101 Å². The van der Waals surface area contributed by atoms with Crippen LogP contribution in [-0.4, -0.2) is 16.9 Å². The Morgan fingerprint density at radius 3 is 2.47 bits per heavy atom. The van der Waals surface area contributed by atoms with E-state index in [0.717, 1.165) is 30.0 Å². The first-order valence-electron chi connectivity index (χ1n) is 4.59. The van der Waals surface area contributed by atoms with Crippen molar-refractivity contribution in [3.63, 3.8) is 0 Å². The summed E-state index contributed by atoms with van der Waals surface area (Å²) in [6, 6.07) is 3.02. The molecule has 0 aliphatic carbocycles. The molecule has 0 atom stereocenters. The van der Waals surface area contributed by atoms with E-state index >= 15 is 0 Å². The third kappa shape index (κ3) is 3.67. The molecule has 0 radical (unpaired) electrons. The summed E-state index contributed by atoms with van der Waals surface area (Å²) >= 11 is 0.777. The summed E-state index contributed by atoms with van der Waals surface area (Å²) < 4.78 is 26.3. The Kier molecular flexibility index (Phi) is 4.84. The van der Waals surface area contributed by atoms with Gasteiger partial charge in [0.25, 0.3) is 11.1 Å². The van der Waals surface area contributed by atoms with E-state index in [1.165, 1.54) is 6.08 Å². The highest BCUT2D eigenvalue weighted by atomic mass is 32.2. The standard InChI is InChI=1S/C11H9F2NO2S/c1-2-6-17-11(16)14-10(15)9-7(12)4-3-5-8(9)13/h2-5H,1,6H2,(H,14,15,16). The van der Waals surface area contributed by atoms with Crippen LogP contribution in [0.2, 0.25) is 0 Å². The van der Waals surface area contributed by atoms with Crippen molar-refractivity contribution in [2.24, 2.45) is 0 Å². The largest absolute Gasteiger partial charge is 0.286 e. The summed E-state index contributed by atoms with van der Waals surface area (Å²) in [7, 11) is 0. The Morgan fingerprint density at radius 1 is 1.35 bits per heavy atom. The van der Waals surface area contributed by atoms with Crippen LogP contribution < -0.4 is 5.32 Å². The highest BCUT2D eigenvalue weighted by Gasteiger charge is 2.18. The molecule has 0 unspecified atom stereocenters. The normalized spacial score (nSPS) is 9.76. The maximum absolute atomic E-state index is 13.2. The number of thioether (sulfide) groups is 1. The molecule has 0 bridgehead atoms. The molecule has 1 aromatic rings. The van der Waals surface area contributed by atoms with E-state index in [-0.39, 0.29) is 0 Å². The van der Waals surface area contributed by atoms with Crippen LogP contribution in [0.3, 0.4) is 0 Å². The van der Waals surface area contributed by atoms with E-state index in [1.54, 1.807) is 0 Å². The molecule has 0 aliphatic rings. The molecule has 3 nitrogen and oxygen atoms in total. The van der Waals surface area contributed by atoms with Crippen LogP contribution in [0.15, 0.2) is 30.9 Å². The van der Waals surface area contributed by atoms with E-state index < -0.39 is 28.3 Å². The molecule has 0 fully saturated rings. The number of carbonyl (C=O) groups is 2. The lowest BCUT2D eigenvalue weighted by Gasteiger charge is -2.04. The molecule has 2 amide bonds. The van der Waals surface area contributed by atoms with Gasteiger partial charge in [-0.05, 0) is 12.1 Å². The maximum Gasteiger partial charge on any atom is 0.286 e. The molecule has 0 aliphatic heterocycles. The molecule has 17 heavy (non-hydrogen) atoms. The van der Waals surface area contributed by atoms with Gasteiger partial charge in [-0.2, -0.15) is 0 Å². The average molecular weight is 257 g/mol. The van der Waals surface area contributed by atoms with E-state index in [4.69, 9.17) is 0 Å². The van der Waals surface area contributed by atoms with Crippen molar-refractivity contribution in [3.05, 3.63) is 48.1 Å². The third-order valence-corrected chi connectivity index (χ3v) is 2.50. The second-order valence-corrected chi connectivity index (χ2v) is 3.93. The van der Waals surface area contributed by atoms with Gasteiger partial charge in [-0.1, -0.05) is 23.9 Å². The van der Waals surface area contributed by atoms with Crippen LogP contribution in [0.25, 0.3) is 0 Å². The highest BCUT2D eigenvalue weighted by Crippen LogP contribution is 2.12. The summed E-state index contributed by atoms with van der Waals surface area (Å²) in [5.41, 5.74) is -0.764. The summed E-state index contributed by atoms with van der Waals surface area (Å²) in [4.78, 5) is 22.6. The predicted molar refractivity (Wildman–Crippen MR) is 61.9 cm³/mol. The number of hydrogen-bond acceptors (Lipinski definition) is 3. The van der Waals surface area contributed by atoms with E-state index in [1.807, 2.05) is 5.32 Å². The molecule has 1 N–H and O–H groups in total. The van der Waals surface area contributed by atoms with Gasteiger partial charge in [0.05, 0.1) is 0 Å². The molecule has 0 saturated heterocycles. The summed E-state index contributed by atoms with van der Waals surface area (Å²) in [6.45, 7) is 3.39. The third-order valence-electron chi connectivity index (χ3n) is 1.74. The molecule has 0 saturated carbocycles. The smallest absolute Gasteiger partial charge is 0.283 e. The number of hydrogen-bond donors (Lipinski definition) is 1. The molecular weight excluding hydrogens is 248 g/mol. The van der Waals surface area contributed by atoms with Crippen molar-refractivity contribution in [3.8, 4) is 0 Å². The number of amides is 2. The molecular formula is C11H9F2NO2S. The zero-order chi connectivity index (χ0) is 12.8. The zero-order valence-electron chi connectivity index (χ0n) is 8.70. The van der Waals surface area contributed by atoms with Gasteiger partial charge in [0.2, 0.25) is 0 Å². The number of nitrogens with one attached hydrogen (secondary N) is 1. The minimum absolute atomic E-state index is 0.304. The Balaban J connectivity index is 2.76. The van der Waals surface area contributed by atoms with Crippen molar-refractivity contribution in [2.75, 3.05) is 5.75 Å². The molecule has 0 heterocycles. The topological polar surface area (TPSA) is 46.2 Å². The molecule has 6 heteroatoms. The van der Waals surface area contributed by atoms with Gasteiger partial charge in [0.1, 0.15) is 17.2 Å². The maximum atomic E-state index is 13.2. The van der Waals surface area contributed by atoms with Crippen LogP contribution in [0, 0.1) is 11.6 Å². The lowest BCUT2D eigenvalue weighted by atomic mass is 10.2. The zero-order valence-corrected chi connectivity index (χ0v) is 9.52. The van der Waals surface area contributed by atoms with Crippen molar-refractivity contribution < 1.29 is 18.4 Å². The van der Waals surface area contributed by atoms with Crippen molar-refractivity contribution in [2.45, 2.75) is 0 Å². The average Bonchev–Trinajstić information content (AvgIpc) is 2.26. The van der Waals surface area contributed by atoms with Crippen LogP contribution >= 0.6 is 11.8 Å². The Hall–Kier alpha value is -1.69. The lowest BCUT2D eigenvalue weighted by molar-refractivity contribution is 0.0961. The number of imide groups is 1. The monoisotopic (exact) mass is 257 g/mol. The van der Waals surface area contributed by atoms with Gasteiger partial charge in [-0.3, -0.25) is 14.9 Å². The van der Waals surface area contributed by atoms with Gasteiger partial charge in [-0.15, -0.1) is 6.58 Å². The number of rotatable bonds is 3. The SMILES string of the molecule is C=CCSC(=O)NC(=O)c1c(F)cccc1F. The second kappa shape index (κ2) is 6.15. The van der Waals surface area contributed by atoms with Crippen LogP contribution in [-0.2, 0) is 0 Å². The second-order valence-electron chi connectivity index (χ2n) is 2.94. The number of benzene rings is 1. The van der Waals surface area contributed by atoms with Gasteiger partial charge < -0.3 is 0 Å². The van der Waals surface area contributed by atoms with Crippen LogP contribution in [0.1, 0.15) is 10.4 Å². The number of carbonyl (C=O) groups excluding carboxylic acids is 2. The number of halogens is 2. The fraction of sp³-hybridized carbons (Fsp3) is 0.0909. The van der Waals surface area contributed by atoms with E-state index in [9.17, 15) is 18.4 Å². The highest BCUT2D eigenvalue weighted by molar-refractivity contribution is 8.13. The van der Waals surface area contributed by atoms with Gasteiger partial charge in [0.15, 0.2) is 0 Å². The quantitative estimate of drug-likeness (QED) is 0.847. The van der Waals surface area contributed by atoms with Crippen LogP contribution in [0.4, 0.5) is 13.6 Å². The summed E-state index contributed by atoms with van der Waals surface area (Å²) in [6.07, 6.45) is 1.47. The lowest BCUT2D eigenvalue weighted by Crippen LogP contribution is -2.28. The van der Waals surface area contributed by atoms with Crippen LogP contribution in [0.5, 0.6) is 0 Å². The summed E-state index contributed by atoms with van der Waals surface area (Å²) in [5.74, 6) is -2.81. The fourth-order valence-corrected chi connectivity index (χ4v) is 1.47. The summed E-state index contributed by atoms with van der Waals surface area (Å²) in [5, 5.41) is 1.19. The first-order chi connectivity index (χ1) is 8.06. The van der Waals surface area contributed by atoms with Gasteiger partial charge in [0, 0.05) is 5.75 Å². The van der Waals surface area contributed by atoms with Crippen molar-refractivity contribution >= 4 is 22.9 Å². The van der Waals surface area contributed by atoms with E-state index in [0.29, 0.717) is 5.75 Å². The first-order valence-corrected chi connectivity index (χ1v) is 5.58. The van der Waals surface area contributed by atoms with Crippen molar-refractivity contribution in [1.82, 2.24) is 5.32 Å². The Morgan fingerprint density at radius 2 is 1.94 bits per heavy atom. The molecule has 1 rings (SSSR count). The van der Waals surface area contributed by atoms with Gasteiger partial charge in [-0.25, -0.2) is 8.78 Å². The van der Waals surface area contributed by atoms with E-state index in [2.05, 4.69) is 6.58 Å². The molecule has 1 aromatic carbocycles. The predicted octanol–water partition coefficient (Wildman–Crippen LogP) is 2.73. The van der Waals surface area contributed by atoms with Crippen molar-refractivity contribution in [1.29, 1.82) is 0 Å². The molecule has 90 valence electrons. The minimum Gasteiger partial charge on any atom is -0.283 e. The molecule has 0 spiro atoms. The molecule has 0 aromatic heterocycles. The fourth-order valence-electron chi connectivity index (χ4n) is 1.04.